The van der Waals surface area contributed by atoms with Crippen LogP contribution in [0.5, 0.6) is 0 Å². The Kier molecular flexibility index (Phi) is 3.19. The summed E-state index contributed by atoms with van der Waals surface area (Å²) in [6.45, 7) is 3.95. The van der Waals surface area contributed by atoms with Crippen molar-refractivity contribution in [2.24, 2.45) is 0 Å². The van der Waals surface area contributed by atoms with Crippen molar-refractivity contribution in [3.63, 3.8) is 0 Å². The third-order valence-electron chi connectivity index (χ3n) is 4.06. The fraction of sp³-hybridized carbons (Fsp3) is 0.400. The van der Waals surface area contributed by atoms with E-state index >= 15 is 0 Å². The van der Waals surface area contributed by atoms with Gasteiger partial charge in [0.05, 0.1) is 12.2 Å². The van der Waals surface area contributed by atoms with E-state index in [1.807, 2.05) is 32.0 Å². The Balaban J connectivity index is 1.98. The van der Waals surface area contributed by atoms with E-state index in [1.165, 1.54) is 6.20 Å². The van der Waals surface area contributed by atoms with Crippen molar-refractivity contribution in [1.82, 2.24) is 9.78 Å². The van der Waals surface area contributed by atoms with Crippen LogP contribution in [0, 0.1) is 13.8 Å². The molecule has 2 atom stereocenters. The molecule has 2 heterocycles. The number of anilines is 1. The number of benzene rings is 1. The van der Waals surface area contributed by atoms with Crippen LogP contribution in [0.15, 0.2) is 30.5 Å². The summed E-state index contributed by atoms with van der Waals surface area (Å²) in [5.41, 5.74) is 3.09. The summed E-state index contributed by atoms with van der Waals surface area (Å²) in [4.78, 5) is 0. The second kappa shape index (κ2) is 4.79. The van der Waals surface area contributed by atoms with Crippen LogP contribution >= 0.6 is 0 Å². The zero-order chi connectivity index (χ0) is 15.2. The van der Waals surface area contributed by atoms with Crippen LogP contribution in [0.1, 0.15) is 35.2 Å². The Labute approximate surface area is 120 Å². The van der Waals surface area contributed by atoms with Crippen LogP contribution in [-0.2, 0) is 0 Å². The van der Waals surface area contributed by atoms with Gasteiger partial charge in [-0.2, -0.15) is 18.3 Å². The van der Waals surface area contributed by atoms with Gasteiger partial charge < -0.3 is 5.32 Å². The second-order valence-electron chi connectivity index (χ2n) is 5.49. The first-order chi connectivity index (χ1) is 9.86. The zero-order valence-electron chi connectivity index (χ0n) is 11.8. The van der Waals surface area contributed by atoms with Crippen molar-refractivity contribution in [2.45, 2.75) is 38.5 Å². The van der Waals surface area contributed by atoms with Crippen molar-refractivity contribution in [3.05, 3.63) is 47.2 Å². The molecule has 0 bridgehead atoms. The minimum absolute atomic E-state index is 0.0549. The molecule has 112 valence electrons. The Morgan fingerprint density at radius 1 is 1.19 bits per heavy atom. The molecule has 1 N–H and O–H groups in total. The van der Waals surface area contributed by atoms with Gasteiger partial charge in [-0.3, -0.25) is 0 Å². The molecule has 1 aromatic heterocycles. The molecule has 0 aliphatic carbocycles. The Morgan fingerprint density at radius 3 is 2.62 bits per heavy atom. The van der Waals surface area contributed by atoms with E-state index < -0.39 is 12.2 Å². The zero-order valence-corrected chi connectivity index (χ0v) is 11.8. The highest BCUT2D eigenvalue weighted by Gasteiger charge is 2.46. The molecule has 0 unspecified atom stereocenters. The first-order valence-electron chi connectivity index (χ1n) is 6.80. The summed E-state index contributed by atoms with van der Waals surface area (Å²) >= 11 is 0. The number of halogens is 3. The molecular formula is C15H16F3N3. The van der Waals surface area contributed by atoms with E-state index in [9.17, 15) is 13.2 Å². The molecule has 1 aromatic carbocycles. The van der Waals surface area contributed by atoms with Crippen LogP contribution in [-0.4, -0.2) is 16.0 Å². The largest absolute Gasteiger partial charge is 0.410 e. The van der Waals surface area contributed by atoms with Gasteiger partial charge in [0.15, 0.2) is 6.04 Å². The molecule has 0 saturated heterocycles. The molecule has 0 spiro atoms. The van der Waals surface area contributed by atoms with Crippen LogP contribution in [0.3, 0.4) is 0 Å². The van der Waals surface area contributed by atoms with Gasteiger partial charge in [0.25, 0.3) is 0 Å². The highest BCUT2D eigenvalue weighted by Crippen LogP contribution is 2.43. The summed E-state index contributed by atoms with van der Waals surface area (Å²) in [5, 5.41) is 6.94. The monoisotopic (exact) mass is 295 g/mol. The standard InChI is InChI=1S/C15H16F3N3/c1-9-3-4-11(7-10(9)2)12-8-13(15(16,17)18)21-14(20-12)5-6-19-21/h3-7,12-13,20H,8H2,1-2H3/t12-,13-/m1/s1. The number of nitrogens with one attached hydrogen (secondary N) is 1. The average Bonchev–Trinajstić information content (AvgIpc) is 2.87. The average molecular weight is 295 g/mol. The first kappa shape index (κ1) is 14.0. The normalized spacial score (nSPS) is 21.8. The van der Waals surface area contributed by atoms with E-state index in [0.29, 0.717) is 5.82 Å². The van der Waals surface area contributed by atoms with Crippen molar-refractivity contribution >= 4 is 5.82 Å². The molecule has 1 aliphatic heterocycles. The summed E-state index contributed by atoms with van der Waals surface area (Å²) in [6.07, 6.45) is -2.97. The number of rotatable bonds is 1. The number of alkyl halides is 3. The molecule has 3 nitrogen and oxygen atoms in total. The minimum atomic E-state index is -4.30. The lowest BCUT2D eigenvalue weighted by Crippen LogP contribution is -2.35. The number of aryl methyl sites for hydroxylation is 2. The van der Waals surface area contributed by atoms with Crippen molar-refractivity contribution < 1.29 is 13.2 Å². The number of fused-ring (bicyclic) bond motifs is 1. The Hall–Kier alpha value is -1.98. The van der Waals surface area contributed by atoms with E-state index in [4.69, 9.17) is 0 Å². The Morgan fingerprint density at radius 2 is 1.95 bits per heavy atom. The maximum absolute atomic E-state index is 13.2. The lowest BCUT2D eigenvalue weighted by atomic mass is 9.94. The third-order valence-corrected chi connectivity index (χ3v) is 4.06. The maximum atomic E-state index is 13.2. The number of hydrogen-bond donors (Lipinski definition) is 1. The molecule has 0 fully saturated rings. The topological polar surface area (TPSA) is 29.9 Å². The SMILES string of the molecule is Cc1ccc([C@H]2C[C@H](C(F)(F)F)n3nccc3N2)cc1C. The van der Waals surface area contributed by atoms with E-state index in [-0.39, 0.29) is 12.5 Å². The van der Waals surface area contributed by atoms with Crippen molar-refractivity contribution in [2.75, 3.05) is 5.32 Å². The highest BCUT2D eigenvalue weighted by molar-refractivity contribution is 5.43. The van der Waals surface area contributed by atoms with Gasteiger partial charge >= 0.3 is 6.18 Å². The van der Waals surface area contributed by atoms with Crippen LogP contribution in [0.25, 0.3) is 0 Å². The first-order valence-corrected chi connectivity index (χ1v) is 6.80. The van der Waals surface area contributed by atoms with Crippen LogP contribution in [0.2, 0.25) is 0 Å². The van der Waals surface area contributed by atoms with E-state index in [1.54, 1.807) is 6.07 Å². The summed E-state index contributed by atoms with van der Waals surface area (Å²) in [7, 11) is 0. The predicted octanol–water partition coefficient (Wildman–Crippen LogP) is 4.16. The Bertz CT molecular complexity index is 660. The fourth-order valence-electron chi connectivity index (χ4n) is 2.71. The van der Waals surface area contributed by atoms with E-state index in [0.717, 1.165) is 21.4 Å². The predicted molar refractivity (Wildman–Crippen MR) is 74.2 cm³/mol. The van der Waals surface area contributed by atoms with Crippen LogP contribution in [0.4, 0.5) is 19.0 Å². The summed E-state index contributed by atoms with van der Waals surface area (Å²) in [6, 6.07) is 5.41. The molecule has 3 rings (SSSR count). The highest BCUT2D eigenvalue weighted by atomic mass is 19.4. The van der Waals surface area contributed by atoms with Crippen molar-refractivity contribution in [1.29, 1.82) is 0 Å². The molecular weight excluding hydrogens is 279 g/mol. The molecule has 0 saturated carbocycles. The second-order valence-corrected chi connectivity index (χ2v) is 5.49. The molecule has 21 heavy (non-hydrogen) atoms. The van der Waals surface area contributed by atoms with Gasteiger partial charge in [-0.05, 0) is 30.5 Å². The molecule has 0 amide bonds. The molecule has 2 aromatic rings. The molecule has 1 aliphatic rings. The maximum Gasteiger partial charge on any atom is 0.410 e. The number of aromatic nitrogens is 2. The van der Waals surface area contributed by atoms with Crippen molar-refractivity contribution in [3.8, 4) is 0 Å². The van der Waals surface area contributed by atoms with Gasteiger partial charge in [-0.15, -0.1) is 0 Å². The number of hydrogen-bond acceptors (Lipinski definition) is 2. The van der Waals surface area contributed by atoms with Gasteiger partial charge in [0.1, 0.15) is 5.82 Å². The smallest absolute Gasteiger partial charge is 0.363 e. The third kappa shape index (κ3) is 2.50. The minimum Gasteiger partial charge on any atom is -0.363 e. The summed E-state index contributed by atoms with van der Waals surface area (Å²) in [5.74, 6) is 0.409. The lowest BCUT2D eigenvalue weighted by molar-refractivity contribution is -0.173. The van der Waals surface area contributed by atoms with Gasteiger partial charge in [0.2, 0.25) is 0 Å². The van der Waals surface area contributed by atoms with E-state index in [2.05, 4.69) is 10.4 Å². The molecule has 6 heteroatoms. The quantitative estimate of drug-likeness (QED) is 0.856. The number of nitrogens with zero attached hydrogens (tertiary/aromatic N) is 2. The van der Waals surface area contributed by atoms with Gasteiger partial charge in [-0.1, -0.05) is 18.2 Å². The van der Waals surface area contributed by atoms with Gasteiger partial charge in [0, 0.05) is 12.5 Å². The fourth-order valence-corrected chi connectivity index (χ4v) is 2.71. The summed E-state index contributed by atoms with van der Waals surface area (Å²) < 4.78 is 40.7. The lowest BCUT2D eigenvalue weighted by Gasteiger charge is -2.33. The molecule has 0 radical (unpaired) electrons. The van der Waals surface area contributed by atoms with Gasteiger partial charge in [-0.25, -0.2) is 4.68 Å². The van der Waals surface area contributed by atoms with Crippen LogP contribution < -0.4 is 5.32 Å².